The molecular weight excluding hydrogens is 677 g/mol. The fraction of sp³-hybridized carbons (Fsp3) is 0. The Kier molecular flexibility index (Phi) is 7.53. The van der Waals surface area contributed by atoms with E-state index >= 15 is 0 Å². The van der Waals surface area contributed by atoms with E-state index in [1.165, 1.54) is 76.4 Å². The molecule has 0 bridgehead atoms. The molecule has 1 heterocycles. The van der Waals surface area contributed by atoms with Gasteiger partial charge in [0.15, 0.2) is 0 Å². The summed E-state index contributed by atoms with van der Waals surface area (Å²) in [5, 5.41) is 10.0. The minimum atomic E-state index is 1.11. The molecule has 2 heteroatoms. The number of fused-ring (bicyclic) bond motifs is 6. The Morgan fingerprint density at radius 3 is 1.50 bits per heavy atom. The average Bonchev–Trinajstić information content (AvgIpc) is 3.59. The molecule has 10 aromatic carbocycles. The average molecular weight is 713 g/mol. The summed E-state index contributed by atoms with van der Waals surface area (Å²) in [6.45, 7) is 0. The summed E-state index contributed by atoms with van der Waals surface area (Å²) in [6.07, 6.45) is 0. The molecule has 2 nitrogen and oxygen atoms in total. The smallest absolute Gasteiger partial charge is 0.0547 e. The molecule has 0 amide bonds. The Bertz CT molecular complexity index is 3220. The lowest BCUT2D eigenvalue weighted by Gasteiger charge is -2.27. The van der Waals surface area contributed by atoms with Crippen molar-refractivity contribution in [2.45, 2.75) is 0 Å². The molecule has 0 N–H and O–H groups in total. The second-order valence-corrected chi connectivity index (χ2v) is 14.6. The number of aromatic nitrogens is 1. The van der Waals surface area contributed by atoms with E-state index in [-0.39, 0.29) is 0 Å². The largest absolute Gasteiger partial charge is 0.310 e. The van der Waals surface area contributed by atoms with Gasteiger partial charge in [0, 0.05) is 33.2 Å². The van der Waals surface area contributed by atoms with Gasteiger partial charge in [0.25, 0.3) is 0 Å². The van der Waals surface area contributed by atoms with Crippen molar-refractivity contribution in [3.05, 3.63) is 218 Å². The van der Waals surface area contributed by atoms with Crippen molar-refractivity contribution in [3.8, 4) is 27.9 Å². The van der Waals surface area contributed by atoms with Gasteiger partial charge in [0.1, 0.15) is 0 Å². The van der Waals surface area contributed by atoms with E-state index in [4.69, 9.17) is 0 Å². The Morgan fingerprint density at radius 1 is 0.304 bits per heavy atom. The molecule has 0 atom stereocenters. The van der Waals surface area contributed by atoms with Crippen LogP contribution in [0.5, 0.6) is 0 Å². The standard InChI is InChI=1S/C54H36N2/c1-2-14-43-36-54-51(35-42(43)13-1)50-19-7-8-21-53(50)56(54)46-31-25-38(26-32-46)37-23-29-44(30-24-37)55(52-22-10-16-40-12-4-6-18-49(40)52)45-33-27-41(28-34-45)48-20-9-15-39-11-3-5-17-47(39)48/h1-36H. The van der Waals surface area contributed by atoms with Crippen LogP contribution in [-0.4, -0.2) is 4.57 Å². The summed E-state index contributed by atoms with van der Waals surface area (Å²) in [5.41, 5.74) is 11.8. The molecule has 1 aromatic heterocycles. The van der Waals surface area contributed by atoms with E-state index in [9.17, 15) is 0 Å². The number of para-hydroxylation sites is 1. The topological polar surface area (TPSA) is 8.17 Å². The summed E-state index contributed by atoms with van der Waals surface area (Å²) in [7, 11) is 0. The van der Waals surface area contributed by atoms with Gasteiger partial charge in [0.05, 0.1) is 16.7 Å². The summed E-state index contributed by atoms with van der Waals surface area (Å²) < 4.78 is 2.40. The number of rotatable bonds is 6. The Balaban J connectivity index is 0.970. The molecule has 0 spiro atoms. The first-order valence-electron chi connectivity index (χ1n) is 19.3. The molecule has 0 radical (unpaired) electrons. The molecule has 0 aliphatic heterocycles. The van der Waals surface area contributed by atoms with Crippen molar-refractivity contribution in [3.63, 3.8) is 0 Å². The maximum atomic E-state index is 2.40. The Hall–Kier alpha value is -7.42. The van der Waals surface area contributed by atoms with Gasteiger partial charge in [0.2, 0.25) is 0 Å². The molecule has 0 unspecified atom stereocenters. The van der Waals surface area contributed by atoms with Crippen molar-refractivity contribution in [2.75, 3.05) is 4.90 Å². The van der Waals surface area contributed by atoms with E-state index in [1.54, 1.807) is 0 Å². The first-order valence-corrected chi connectivity index (χ1v) is 19.3. The predicted octanol–water partition coefficient (Wildman–Crippen LogP) is 15.0. The highest BCUT2D eigenvalue weighted by atomic mass is 15.1. The first kappa shape index (κ1) is 32.0. The minimum absolute atomic E-state index is 1.11. The van der Waals surface area contributed by atoms with Crippen LogP contribution < -0.4 is 4.90 Å². The number of nitrogens with zero attached hydrogens (tertiary/aromatic N) is 2. The quantitative estimate of drug-likeness (QED) is 0.167. The van der Waals surface area contributed by atoms with Gasteiger partial charge >= 0.3 is 0 Å². The number of benzene rings is 10. The molecule has 56 heavy (non-hydrogen) atoms. The van der Waals surface area contributed by atoms with Gasteiger partial charge in [-0.2, -0.15) is 0 Å². The second-order valence-electron chi connectivity index (χ2n) is 14.6. The third-order valence-corrected chi connectivity index (χ3v) is 11.4. The normalized spacial score (nSPS) is 11.6. The fourth-order valence-electron chi connectivity index (χ4n) is 8.64. The van der Waals surface area contributed by atoms with Gasteiger partial charge in [-0.05, 0) is 110 Å². The van der Waals surface area contributed by atoms with E-state index in [0.29, 0.717) is 0 Å². The Labute approximate surface area is 325 Å². The van der Waals surface area contributed by atoms with Gasteiger partial charge in [-0.1, -0.05) is 158 Å². The van der Waals surface area contributed by atoms with E-state index in [1.807, 2.05) is 0 Å². The molecule has 0 aliphatic rings. The van der Waals surface area contributed by atoms with Crippen molar-refractivity contribution in [2.24, 2.45) is 0 Å². The number of hydrogen-bond acceptors (Lipinski definition) is 1. The Morgan fingerprint density at radius 2 is 0.804 bits per heavy atom. The van der Waals surface area contributed by atoms with Crippen LogP contribution in [-0.2, 0) is 0 Å². The molecule has 11 aromatic rings. The highest BCUT2D eigenvalue weighted by molar-refractivity contribution is 6.13. The molecule has 0 aliphatic carbocycles. The van der Waals surface area contributed by atoms with E-state index in [2.05, 4.69) is 228 Å². The van der Waals surface area contributed by atoms with Crippen LogP contribution in [0.15, 0.2) is 218 Å². The summed E-state index contributed by atoms with van der Waals surface area (Å²) >= 11 is 0. The summed E-state index contributed by atoms with van der Waals surface area (Å²) in [6, 6.07) is 79.4. The molecule has 0 saturated carbocycles. The lowest BCUT2D eigenvalue weighted by atomic mass is 9.98. The van der Waals surface area contributed by atoms with Crippen molar-refractivity contribution in [1.82, 2.24) is 4.57 Å². The van der Waals surface area contributed by atoms with Crippen LogP contribution in [0.4, 0.5) is 17.1 Å². The van der Waals surface area contributed by atoms with E-state index in [0.717, 1.165) is 22.7 Å². The van der Waals surface area contributed by atoms with E-state index < -0.39 is 0 Å². The fourth-order valence-corrected chi connectivity index (χ4v) is 8.64. The predicted molar refractivity (Wildman–Crippen MR) is 239 cm³/mol. The second kappa shape index (κ2) is 13.2. The lowest BCUT2D eigenvalue weighted by molar-refractivity contribution is 1.18. The molecular formula is C54H36N2. The van der Waals surface area contributed by atoms with Crippen LogP contribution in [0.1, 0.15) is 0 Å². The van der Waals surface area contributed by atoms with Gasteiger partial charge < -0.3 is 9.47 Å². The molecule has 11 rings (SSSR count). The highest BCUT2D eigenvalue weighted by Crippen LogP contribution is 2.41. The zero-order valence-electron chi connectivity index (χ0n) is 30.7. The van der Waals surface area contributed by atoms with Crippen LogP contribution in [0.25, 0.3) is 82.1 Å². The van der Waals surface area contributed by atoms with Crippen LogP contribution in [0, 0.1) is 0 Å². The van der Waals surface area contributed by atoms with Crippen molar-refractivity contribution < 1.29 is 0 Å². The minimum Gasteiger partial charge on any atom is -0.310 e. The zero-order chi connectivity index (χ0) is 37.0. The SMILES string of the molecule is c1ccc2cc3c(cc2c1)c1ccccc1n3-c1ccc(-c2ccc(N(c3ccc(-c4cccc5ccccc45)cc3)c3cccc4ccccc34)cc2)cc1. The maximum absolute atomic E-state index is 2.40. The van der Waals surface area contributed by atoms with Crippen LogP contribution in [0.2, 0.25) is 0 Å². The third kappa shape index (κ3) is 5.34. The third-order valence-electron chi connectivity index (χ3n) is 11.4. The zero-order valence-corrected chi connectivity index (χ0v) is 30.7. The monoisotopic (exact) mass is 712 g/mol. The van der Waals surface area contributed by atoms with Crippen molar-refractivity contribution >= 4 is 71.2 Å². The van der Waals surface area contributed by atoms with Gasteiger partial charge in [-0.25, -0.2) is 0 Å². The highest BCUT2D eigenvalue weighted by Gasteiger charge is 2.17. The summed E-state index contributed by atoms with van der Waals surface area (Å²) in [5.74, 6) is 0. The molecule has 262 valence electrons. The van der Waals surface area contributed by atoms with Crippen LogP contribution >= 0.6 is 0 Å². The lowest BCUT2D eigenvalue weighted by Crippen LogP contribution is -2.10. The van der Waals surface area contributed by atoms with Gasteiger partial charge in [-0.3, -0.25) is 0 Å². The van der Waals surface area contributed by atoms with Gasteiger partial charge in [-0.15, -0.1) is 0 Å². The molecule has 0 fully saturated rings. The number of hydrogen-bond donors (Lipinski definition) is 0. The first-order chi connectivity index (χ1) is 27.8. The number of anilines is 3. The summed E-state index contributed by atoms with van der Waals surface area (Å²) in [4.78, 5) is 2.38. The van der Waals surface area contributed by atoms with Crippen LogP contribution in [0.3, 0.4) is 0 Å². The van der Waals surface area contributed by atoms with Crippen molar-refractivity contribution in [1.29, 1.82) is 0 Å². The maximum Gasteiger partial charge on any atom is 0.0547 e. The molecule has 0 saturated heterocycles.